The van der Waals surface area contributed by atoms with Crippen LogP contribution in [0, 0.1) is 22.7 Å². The van der Waals surface area contributed by atoms with E-state index in [2.05, 4.69) is 24.5 Å². The van der Waals surface area contributed by atoms with Crippen LogP contribution >= 0.6 is 0 Å². The summed E-state index contributed by atoms with van der Waals surface area (Å²) in [5.41, 5.74) is 1.28. The summed E-state index contributed by atoms with van der Waals surface area (Å²) in [5.74, 6) is 1.88. The van der Waals surface area contributed by atoms with Crippen molar-refractivity contribution in [2.75, 3.05) is 26.2 Å². The highest BCUT2D eigenvalue weighted by atomic mass is 15.0. The van der Waals surface area contributed by atoms with Gasteiger partial charge in [0, 0.05) is 19.6 Å². The highest BCUT2D eigenvalue weighted by molar-refractivity contribution is 5.05. The predicted molar refractivity (Wildman–Crippen MR) is 72.0 cm³/mol. The van der Waals surface area contributed by atoms with Crippen LogP contribution in [-0.4, -0.2) is 26.2 Å². The van der Waals surface area contributed by atoms with E-state index in [-0.39, 0.29) is 0 Å². The maximum Gasteiger partial charge on any atom is 0.00232 e. The van der Waals surface area contributed by atoms with Gasteiger partial charge in [-0.3, -0.25) is 0 Å². The first-order chi connectivity index (χ1) is 8.17. The Hall–Kier alpha value is -0.0800. The Balaban J connectivity index is 1.49. The van der Waals surface area contributed by atoms with Crippen molar-refractivity contribution < 1.29 is 0 Å². The summed E-state index contributed by atoms with van der Waals surface area (Å²) in [7, 11) is 0. The van der Waals surface area contributed by atoms with E-state index in [1.807, 2.05) is 0 Å². The van der Waals surface area contributed by atoms with E-state index < -0.39 is 0 Å². The minimum Gasteiger partial charge on any atom is -0.316 e. The lowest BCUT2D eigenvalue weighted by Gasteiger charge is -2.33. The lowest BCUT2D eigenvalue weighted by Crippen LogP contribution is -2.42. The summed E-state index contributed by atoms with van der Waals surface area (Å²) in [5, 5.41) is 7.39. The van der Waals surface area contributed by atoms with Gasteiger partial charge in [-0.1, -0.05) is 13.8 Å². The van der Waals surface area contributed by atoms with E-state index in [1.165, 1.54) is 58.3 Å². The molecule has 1 saturated heterocycles. The molecule has 17 heavy (non-hydrogen) atoms. The average molecular weight is 236 g/mol. The van der Waals surface area contributed by atoms with Crippen LogP contribution in [0.15, 0.2) is 0 Å². The van der Waals surface area contributed by atoms with Crippen molar-refractivity contribution in [1.29, 1.82) is 0 Å². The fourth-order valence-corrected chi connectivity index (χ4v) is 3.76. The quantitative estimate of drug-likeness (QED) is 0.740. The van der Waals surface area contributed by atoms with Crippen LogP contribution in [0.1, 0.15) is 46.0 Å². The van der Waals surface area contributed by atoms with Crippen LogP contribution in [-0.2, 0) is 0 Å². The molecular formula is C15H28N2. The molecule has 1 atom stereocenters. The molecule has 98 valence electrons. The van der Waals surface area contributed by atoms with Gasteiger partial charge in [0.25, 0.3) is 0 Å². The second-order valence-corrected chi connectivity index (χ2v) is 7.18. The van der Waals surface area contributed by atoms with Gasteiger partial charge in [0.15, 0.2) is 0 Å². The molecule has 0 aromatic carbocycles. The third kappa shape index (κ3) is 2.26. The molecule has 0 spiro atoms. The summed E-state index contributed by atoms with van der Waals surface area (Å²) in [6.45, 7) is 9.74. The van der Waals surface area contributed by atoms with Crippen LogP contribution in [0.25, 0.3) is 0 Å². The molecule has 0 aromatic heterocycles. The van der Waals surface area contributed by atoms with E-state index in [0.717, 1.165) is 17.3 Å². The van der Waals surface area contributed by atoms with Crippen molar-refractivity contribution in [3.05, 3.63) is 0 Å². The Morgan fingerprint density at radius 3 is 2.41 bits per heavy atom. The maximum absolute atomic E-state index is 3.83. The van der Waals surface area contributed by atoms with E-state index in [1.54, 1.807) is 0 Å². The molecule has 2 heteroatoms. The Bertz CT molecular complexity index is 271. The van der Waals surface area contributed by atoms with Crippen molar-refractivity contribution in [2.45, 2.75) is 46.0 Å². The molecule has 1 aliphatic heterocycles. The lowest BCUT2D eigenvalue weighted by molar-refractivity contribution is 0.201. The summed E-state index contributed by atoms with van der Waals surface area (Å²) >= 11 is 0. The molecule has 2 nitrogen and oxygen atoms in total. The topological polar surface area (TPSA) is 24.1 Å². The number of hydrogen-bond donors (Lipinski definition) is 2. The zero-order valence-corrected chi connectivity index (χ0v) is 11.5. The monoisotopic (exact) mass is 236 g/mol. The van der Waals surface area contributed by atoms with Gasteiger partial charge >= 0.3 is 0 Å². The molecule has 2 aliphatic carbocycles. The molecule has 1 heterocycles. The fraction of sp³-hybridized carbons (Fsp3) is 1.00. The molecule has 0 radical (unpaired) electrons. The summed E-state index contributed by atoms with van der Waals surface area (Å²) in [6.07, 6.45) is 7.38. The van der Waals surface area contributed by atoms with Gasteiger partial charge in [0.2, 0.25) is 0 Å². The zero-order chi connectivity index (χ0) is 11.9. The van der Waals surface area contributed by atoms with Crippen LogP contribution in [0.2, 0.25) is 0 Å². The molecule has 3 rings (SSSR count). The Labute approximate surface area is 106 Å². The molecule has 2 N–H and O–H groups in total. The van der Waals surface area contributed by atoms with Crippen LogP contribution in [0.4, 0.5) is 0 Å². The van der Waals surface area contributed by atoms with E-state index in [9.17, 15) is 0 Å². The van der Waals surface area contributed by atoms with Crippen LogP contribution in [0.5, 0.6) is 0 Å². The Kier molecular flexibility index (Phi) is 2.99. The Morgan fingerprint density at radius 1 is 1.18 bits per heavy atom. The third-order valence-electron chi connectivity index (χ3n) is 5.79. The molecule has 2 saturated carbocycles. The smallest absolute Gasteiger partial charge is 0.00232 e. The average Bonchev–Trinajstić information content (AvgIpc) is 3.18. The molecule has 0 aromatic rings. The maximum atomic E-state index is 3.83. The van der Waals surface area contributed by atoms with Gasteiger partial charge in [0.05, 0.1) is 0 Å². The lowest BCUT2D eigenvalue weighted by atomic mass is 9.76. The van der Waals surface area contributed by atoms with Gasteiger partial charge in [-0.05, 0) is 61.3 Å². The second-order valence-electron chi connectivity index (χ2n) is 7.18. The second kappa shape index (κ2) is 4.24. The summed E-state index contributed by atoms with van der Waals surface area (Å²) in [6, 6.07) is 0. The van der Waals surface area contributed by atoms with Crippen molar-refractivity contribution in [1.82, 2.24) is 10.6 Å². The number of nitrogens with one attached hydrogen (secondary N) is 2. The molecular weight excluding hydrogens is 208 g/mol. The normalized spacial score (nSPS) is 35.5. The molecule has 0 amide bonds. The summed E-state index contributed by atoms with van der Waals surface area (Å²) in [4.78, 5) is 0. The number of rotatable bonds is 6. The van der Waals surface area contributed by atoms with Crippen LogP contribution in [0.3, 0.4) is 0 Å². The third-order valence-corrected chi connectivity index (χ3v) is 5.79. The molecule has 3 aliphatic rings. The minimum atomic E-state index is 0.527. The van der Waals surface area contributed by atoms with Gasteiger partial charge in [-0.15, -0.1) is 0 Å². The van der Waals surface area contributed by atoms with Gasteiger partial charge in [-0.25, -0.2) is 0 Å². The van der Waals surface area contributed by atoms with Gasteiger partial charge < -0.3 is 10.6 Å². The standard InChI is InChI=1S/C15H28N2/c1-12(2)15(7-8-16-10-15)11-17-9-14(5-6-14)13-3-4-13/h12-13,16-17H,3-11H2,1-2H3. The first-order valence-corrected chi connectivity index (χ1v) is 7.58. The highest BCUT2D eigenvalue weighted by Crippen LogP contribution is 2.60. The molecule has 0 bridgehead atoms. The Morgan fingerprint density at radius 2 is 1.94 bits per heavy atom. The van der Waals surface area contributed by atoms with E-state index in [4.69, 9.17) is 0 Å². The zero-order valence-electron chi connectivity index (χ0n) is 11.5. The van der Waals surface area contributed by atoms with E-state index in [0.29, 0.717) is 5.41 Å². The summed E-state index contributed by atoms with van der Waals surface area (Å²) < 4.78 is 0. The molecule has 1 unspecified atom stereocenters. The minimum absolute atomic E-state index is 0.527. The fourth-order valence-electron chi connectivity index (χ4n) is 3.76. The van der Waals surface area contributed by atoms with Gasteiger partial charge in [0.1, 0.15) is 0 Å². The van der Waals surface area contributed by atoms with Crippen LogP contribution < -0.4 is 10.6 Å². The van der Waals surface area contributed by atoms with Crippen molar-refractivity contribution in [2.24, 2.45) is 22.7 Å². The first-order valence-electron chi connectivity index (χ1n) is 7.58. The predicted octanol–water partition coefficient (Wildman–Crippen LogP) is 2.40. The van der Waals surface area contributed by atoms with Crippen molar-refractivity contribution in [3.8, 4) is 0 Å². The highest BCUT2D eigenvalue weighted by Gasteiger charge is 2.53. The van der Waals surface area contributed by atoms with Crippen molar-refractivity contribution in [3.63, 3.8) is 0 Å². The van der Waals surface area contributed by atoms with E-state index >= 15 is 0 Å². The van der Waals surface area contributed by atoms with Crippen molar-refractivity contribution >= 4 is 0 Å². The van der Waals surface area contributed by atoms with Gasteiger partial charge in [-0.2, -0.15) is 0 Å². The first kappa shape index (κ1) is 12.0. The number of hydrogen-bond acceptors (Lipinski definition) is 2. The largest absolute Gasteiger partial charge is 0.316 e. The SMILES string of the molecule is CC(C)C1(CNCC2(C3CC3)CC2)CCNC1. The molecule has 3 fully saturated rings.